The molecular formula is C14H23NO4. The number of hydrogen-bond acceptors (Lipinski definition) is 5. The van der Waals surface area contributed by atoms with Gasteiger partial charge in [0.1, 0.15) is 18.5 Å². The largest absolute Gasteiger partial charge is 0.490 e. The summed E-state index contributed by atoms with van der Waals surface area (Å²) >= 11 is 0. The first-order chi connectivity index (χ1) is 9.27. The number of ether oxygens (including phenoxy) is 3. The maximum atomic E-state index is 9.72. The van der Waals surface area contributed by atoms with Crippen LogP contribution in [-0.2, 0) is 16.0 Å². The zero-order valence-corrected chi connectivity index (χ0v) is 11.4. The number of benzene rings is 1. The van der Waals surface area contributed by atoms with Gasteiger partial charge in [0.15, 0.2) is 0 Å². The average Bonchev–Trinajstić information content (AvgIpc) is 2.45. The predicted octanol–water partition coefficient (Wildman–Crippen LogP) is 0.938. The van der Waals surface area contributed by atoms with Crippen molar-refractivity contribution in [1.82, 2.24) is 0 Å². The van der Waals surface area contributed by atoms with Gasteiger partial charge in [-0.05, 0) is 12.5 Å². The number of rotatable bonds is 10. The van der Waals surface area contributed by atoms with Gasteiger partial charge in [-0.3, -0.25) is 0 Å². The Hall–Kier alpha value is -1.14. The lowest BCUT2D eigenvalue weighted by Crippen LogP contribution is -2.24. The molecule has 0 aliphatic rings. The molecule has 5 nitrogen and oxygen atoms in total. The van der Waals surface area contributed by atoms with Crippen molar-refractivity contribution < 1.29 is 19.3 Å². The molecule has 1 aromatic rings. The summed E-state index contributed by atoms with van der Waals surface area (Å²) in [7, 11) is 1.65. The van der Waals surface area contributed by atoms with Crippen molar-refractivity contribution >= 4 is 0 Å². The molecule has 0 saturated carbocycles. The van der Waals surface area contributed by atoms with Gasteiger partial charge in [0.2, 0.25) is 0 Å². The van der Waals surface area contributed by atoms with Gasteiger partial charge in [-0.25, -0.2) is 0 Å². The zero-order valence-electron chi connectivity index (χ0n) is 11.4. The molecule has 0 radical (unpaired) electrons. The molecule has 1 rings (SSSR count). The van der Waals surface area contributed by atoms with E-state index in [2.05, 4.69) is 0 Å². The van der Waals surface area contributed by atoms with E-state index in [-0.39, 0.29) is 13.2 Å². The smallest absolute Gasteiger partial charge is 0.123 e. The quantitative estimate of drug-likeness (QED) is 0.618. The second-order valence-electron chi connectivity index (χ2n) is 4.20. The SMILES string of the molecule is COCCCOCC(O)COc1ccccc1CN. The summed E-state index contributed by atoms with van der Waals surface area (Å²) in [5.41, 5.74) is 6.53. The maximum Gasteiger partial charge on any atom is 0.123 e. The Morgan fingerprint density at radius 2 is 2.00 bits per heavy atom. The fourth-order valence-corrected chi connectivity index (χ4v) is 1.57. The summed E-state index contributed by atoms with van der Waals surface area (Å²) < 4.78 is 15.7. The Balaban J connectivity index is 2.20. The maximum absolute atomic E-state index is 9.72. The van der Waals surface area contributed by atoms with Gasteiger partial charge >= 0.3 is 0 Å². The first-order valence-electron chi connectivity index (χ1n) is 6.43. The van der Waals surface area contributed by atoms with Crippen molar-refractivity contribution in [3.05, 3.63) is 29.8 Å². The summed E-state index contributed by atoms with van der Waals surface area (Å²) in [5.74, 6) is 0.712. The number of para-hydroxylation sites is 1. The van der Waals surface area contributed by atoms with Crippen LogP contribution in [0.1, 0.15) is 12.0 Å². The Kier molecular flexibility index (Phi) is 8.16. The molecule has 3 N–H and O–H groups in total. The van der Waals surface area contributed by atoms with Crippen LogP contribution < -0.4 is 10.5 Å². The van der Waals surface area contributed by atoms with E-state index in [9.17, 15) is 5.11 Å². The van der Waals surface area contributed by atoms with E-state index < -0.39 is 6.10 Å². The van der Waals surface area contributed by atoms with E-state index in [4.69, 9.17) is 19.9 Å². The van der Waals surface area contributed by atoms with Crippen molar-refractivity contribution in [2.45, 2.75) is 19.1 Å². The first kappa shape index (κ1) is 15.9. The Labute approximate surface area is 114 Å². The highest BCUT2D eigenvalue weighted by molar-refractivity contribution is 5.32. The molecule has 0 aromatic heterocycles. The van der Waals surface area contributed by atoms with Gasteiger partial charge in [-0.2, -0.15) is 0 Å². The normalized spacial score (nSPS) is 12.4. The van der Waals surface area contributed by atoms with E-state index in [0.29, 0.717) is 25.5 Å². The number of methoxy groups -OCH3 is 1. The third-order valence-corrected chi connectivity index (χ3v) is 2.57. The molecule has 0 aliphatic heterocycles. The van der Waals surface area contributed by atoms with Crippen LogP contribution in [0.15, 0.2) is 24.3 Å². The third kappa shape index (κ3) is 6.54. The van der Waals surface area contributed by atoms with E-state index in [1.54, 1.807) is 7.11 Å². The number of aliphatic hydroxyl groups is 1. The van der Waals surface area contributed by atoms with Crippen LogP contribution in [0.2, 0.25) is 0 Å². The lowest BCUT2D eigenvalue weighted by molar-refractivity contribution is 0.00667. The standard InChI is InChI=1S/C14H23NO4/c1-17-7-4-8-18-10-13(16)11-19-14-6-3-2-5-12(14)9-15/h2-3,5-6,13,16H,4,7-11,15H2,1H3. The number of nitrogens with two attached hydrogens (primary N) is 1. The Morgan fingerprint density at radius 3 is 2.74 bits per heavy atom. The van der Waals surface area contributed by atoms with E-state index in [1.807, 2.05) is 24.3 Å². The average molecular weight is 269 g/mol. The molecule has 0 heterocycles. The van der Waals surface area contributed by atoms with Crippen LogP contribution >= 0.6 is 0 Å². The molecule has 0 spiro atoms. The van der Waals surface area contributed by atoms with E-state index in [0.717, 1.165) is 12.0 Å². The van der Waals surface area contributed by atoms with Gasteiger partial charge in [0.25, 0.3) is 0 Å². The molecule has 5 heteroatoms. The lowest BCUT2D eigenvalue weighted by atomic mass is 10.2. The molecule has 0 amide bonds. The van der Waals surface area contributed by atoms with Crippen molar-refractivity contribution in [1.29, 1.82) is 0 Å². The van der Waals surface area contributed by atoms with Gasteiger partial charge in [0, 0.05) is 32.4 Å². The van der Waals surface area contributed by atoms with Crippen molar-refractivity contribution in [2.75, 3.05) is 33.5 Å². The monoisotopic (exact) mass is 269 g/mol. The molecule has 0 fully saturated rings. The molecule has 0 bridgehead atoms. The molecule has 1 unspecified atom stereocenters. The zero-order chi connectivity index (χ0) is 13.9. The van der Waals surface area contributed by atoms with Crippen LogP contribution in [0.25, 0.3) is 0 Å². The van der Waals surface area contributed by atoms with Crippen molar-refractivity contribution in [3.8, 4) is 5.75 Å². The van der Waals surface area contributed by atoms with Gasteiger partial charge < -0.3 is 25.1 Å². The van der Waals surface area contributed by atoms with Gasteiger partial charge in [-0.1, -0.05) is 18.2 Å². The van der Waals surface area contributed by atoms with Crippen LogP contribution in [0.3, 0.4) is 0 Å². The molecule has 108 valence electrons. The highest BCUT2D eigenvalue weighted by Gasteiger charge is 2.07. The Morgan fingerprint density at radius 1 is 1.21 bits per heavy atom. The number of aliphatic hydroxyl groups excluding tert-OH is 1. The molecule has 19 heavy (non-hydrogen) atoms. The lowest BCUT2D eigenvalue weighted by Gasteiger charge is -2.14. The second kappa shape index (κ2) is 9.75. The van der Waals surface area contributed by atoms with Crippen molar-refractivity contribution in [3.63, 3.8) is 0 Å². The molecule has 0 aliphatic carbocycles. The summed E-state index contributed by atoms with van der Waals surface area (Å²) in [6, 6.07) is 7.53. The topological polar surface area (TPSA) is 73.9 Å². The minimum absolute atomic E-state index is 0.196. The van der Waals surface area contributed by atoms with Crippen LogP contribution in [-0.4, -0.2) is 44.7 Å². The first-order valence-corrected chi connectivity index (χ1v) is 6.43. The number of hydrogen-bond donors (Lipinski definition) is 2. The van der Waals surface area contributed by atoms with E-state index >= 15 is 0 Å². The summed E-state index contributed by atoms with van der Waals surface area (Å²) in [6.07, 6.45) is 0.175. The third-order valence-electron chi connectivity index (χ3n) is 2.57. The molecular weight excluding hydrogens is 246 g/mol. The summed E-state index contributed by atoms with van der Waals surface area (Å²) in [5, 5.41) is 9.72. The predicted molar refractivity (Wildman–Crippen MR) is 73.1 cm³/mol. The summed E-state index contributed by atoms with van der Waals surface area (Å²) in [6.45, 7) is 2.11. The minimum Gasteiger partial charge on any atom is -0.490 e. The highest BCUT2D eigenvalue weighted by atomic mass is 16.5. The fourth-order valence-electron chi connectivity index (χ4n) is 1.57. The van der Waals surface area contributed by atoms with Crippen LogP contribution in [0.5, 0.6) is 5.75 Å². The molecule has 1 aromatic carbocycles. The molecule has 1 atom stereocenters. The minimum atomic E-state index is -0.645. The van der Waals surface area contributed by atoms with Crippen LogP contribution in [0.4, 0.5) is 0 Å². The van der Waals surface area contributed by atoms with E-state index in [1.165, 1.54) is 0 Å². The second-order valence-corrected chi connectivity index (χ2v) is 4.20. The van der Waals surface area contributed by atoms with Gasteiger partial charge in [-0.15, -0.1) is 0 Å². The fraction of sp³-hybridized carbons (Fsp3) is 0.571. The Bertz CT molecular complexity index is 346. The van der Waals surface area contributed by atoms with Crippen LogP contribution in [0, 0.1) is 0 Å². The summed E-state index contributed by atoms with van der Waals surface area (Å²) in [4.78, 5) is 0. The van der Waals surface area contributed by atoms with Gasteiger partial charge in [0.05, 0.1) is 6.61 Å². The highest BCUT2D eigenvalue weighted by Crippen LogP contribution is 2.17. The molecule has 0 saturated heterocycles. The van der Waals surface area contributed by atoms with Crippen molar-refractivity contribution in [2.24, 2.45) is 5.73 Å².